The van der Waals surface area contributed by atoms with Crippen LogP contribution in [0.3, 0.4) is 0 Å². The van der Waals surface area contributed by atoms with Crippen molar-refractivity contribution in [3.05, 3.63) is 99.6 Å². The van der Waals surface area contributed by atoms with Crippen molar-refractivity contribution in [3.8, 4) is 5.75 Å². The molecule has 3 aromatic carbocycles. The van der Waals surface area contributed by atoms with Crippen molar-refractivity contribution >= 4 is 23.5 Å². The Bertz CT molecular complexity index is 1190. The van der Waals surface area contributed by atoms with Gasteiger partial charge in [0.1, 0.15) is 17.9 Å². The predicted octanol–water partition coefficient (Wildman–Crippen LogP) is 5.24. The van der Waals surface area contributed by atoms with Gasteiger partial charge in [-0.2, -0.15) is 0 Å². The maximum absolute atomic E-state index is 13.0. The van der Waals surface area contributed by atoms with Gasteiger partial charge in [0.15, 0.2) is 0 Å². The first-order valence-electron chi connectivity index (χ1n) is 11.3. The van der Waals surface area contributed by atoms with E-state index in [1.165, 1.54) is 4.90 Å². The van der Waals surface area contributed by atoms with E-state index in [0.29, 0.717) is 5.02 Å². The number of carboxylic acid groups (broad SMARTS) is 1. The predicted molar refractivity (Wildman–Crippen MR) is 132 cm³/mol. The molecule has 0 unspecified atom stereocenters. The zero-order valence-electron chi connectivity index (χ0n) is 19.4. The Hall–Kier alpha value is -3.31. The topological polar surface area (TPSA) is 66.8 Å². The summed E-state index contributed by atoms with van der Waals surface area (Å²) in [5, 5.41) is 10.0. The number of hydrogen-bond acceptors (Lipinski definition) is 3. The molecular weight excluding hydrogens is 450 g/mol. The number of carboxylic acids is 1. The second kappa shape index (κ2) is 9.90. The minimum absolute atomic E-state index is 0.139. The molecule has 0 spiro atoms. The largest absolute Gasteiger partial charge is 0.487 e. The molecular formula is C28H28ClNO4. The summed E-state index contributed by atoms with van der Waals surface area (Å²) < 4.78 is 6.27. The van der Waals surface area contributed by atoms with Crippen LogP contribution in [0.2, 0.25) is 5.02 Å². The fourth-order valence-corrected chi connectivity index (χ4v) is 4.54. The minimum atomic E-state index is -1.03. The van der Waals surface area contributed by atoms with Crippen molar-refractivity contribution in [3.63, 3.8) is 0 Å². The van der Waals surface area contributed by atoms with Gasteiger partial charge < -0.3 is 14.7 Å². The molecule has 0 bridgehead atoms. The Balaban J connectivity index is 1.44. The Labute approximate surface area is 204 Å². The average Bonchev–Trinajstić information content (AvgIpc) is 3.11. The lowest BCUT2D eigenvalue weighted by atomic mass is 9.91. The lowest BCUT2D eigenvalue weighted by Crippen LogP contribution is -2.36. The quantitative estimate of drug-likeness (QED) is 0.481. The van der Waals surface area contributed by atoms with Gasteiger partial charge in [0.05, 0.1) is 6.42 Å². The molecule has 0 aromatic heterocycles. The molecule has 34 heavy (non-hydrogen) atoms. The molecule has 1 N–H and O–H groups in total. The highest BCUT2D eigenvalue weighted by Gasteiger charge is 2.35. The number of hydrogen-bond donors (Lipinski definition) is 1. The number of amides is 1. The molecule has 0 aliphatic carbocycles. The highest BCUT2D eigenvalue weighted by molar-refractivity contribution is 6.30. The summed E-state index contributed by atoms with van der Waals surface area (Å²) in [6.07, 6.45) is 1.62. The fraction of sp³-hybridized carbons (Fsp3) is 0.286. The summed E-state index contributed by atoms with van der Waals surface area (Å²) in [6, 6.07) is 21.3. The summed E-state index contributed by atoms with van der Waals surface area (Å²) in [5.74, 6) is -0.416. The number of carbonyl (C=O) groups is 2. The van der Waals surface area contributed by atoms with Gasteiger partial charge in [-0.3, -0.25) is 9.59 Å². The third kappa shape index (κ3) is 5.97. The fourth-order valence-electron chi connectivity index (χ4n) is 4.41. The molecule has 176 valence electrons. The average molecular weight is 478 g/mol. The first kappa shape index (κ1) is 23.8. The van der Waals surface area contributed by atoms with Crippen LogP contribution in [0.15, 0.2) is 66.7 Å². The van der Waals surface area contributed by atoms with Crippen molar-refractivity contribution in [2.45, 2.75) is 45.3 Å². The van der Waals surface area contributed by atoms with Crippen LogP contribution in [0.25, 0.3) is 0 Å². The number of fused-ring (bicyclic) bond motifs is 1. The van der Waals surface area contributed by atoms with Gasteiger partial charge in [-0.1, -0.05) is 65.7 Å². The Morgan fingerprint density at radius 1 is 1.00 bits per heavy atom. The van der Waals surface area contributed by atoms with E-state index in [9.17, 15) is 14.7 Å². The van der Waals surface area contributed by atoms with Crippen molar-refractivity contribution in [1.29, 1.82) is 0 Å². The van der Waals surface area contributed by atoms with Gasteiger partial charge in [-0.15, -0.1) is 0 Å². The molecule has 0 radical (unpaired) electrons. The molecule has 1 atom stereocenters. The summed E-state index contributed by atoms with van der Waals surface area (Å²) >= 11 is 6.00. The van der Waals surface area contributed by atoms with E-state index in [-0.39, 0.29) is 31.0 Å². The zero-order chi connectivity index (χ0) is 24.3. The highest BCUT2D eigenvalue weighted by atomic mass is 35.5. The Morgan fingerprint density at radius 2 is 1.65 bits per heavy atom. The Kier molecular flexibility index (Phi) is 6.94. The monoisotopic (exact) mass is 477 g/mol. The SMILES string of the molecule is Cc1ccc(CN(CC(=O)O)C(=O)Cc2ccc3c(c2)C[C@@](C)(Cc2ccc(Cl)cc2)O3)cc1. The lowest BCUT2D eigenvalue weighted by molar-refractivity contribution is -0.144. The van der Waals surface area contributed by atoms with Crippen LogP contribution < -0.4 is 4.74 Å². The second-order valence-electron chi connectivity index (χ2n) is 9.28. The van der Waals surface area contributed by atoms with Gasteiger partial charge in [0, 0.05) is 24.4 Å². The molecule has 0 saturated carbocycles. The van der Waals surface area contributed by atoms with Crippen molar-refractivity contribution in [1.82, 2.24) is 4.90 Å². The maximum atomic E-state index is 13.0. The van der Waals surface area contributed by atoms with Gasteiger partial charge in [-0.05, 0) is 54.3 Å². The molecule has 0 saturated heterocycles. The normalized spacial score (nSPS) is 16.6. The molecule has 1 amide bonds. The molecule has 6 heteroatoms. The van der Waals surface area contributed by atoms with E-state index >= 15 is 0 Å². The number of carbonyl (C=O) groups excluding carboxylic acids is 1. The number of nitrogens with zero attached hydrogens (tertiary/aromatic N) is 1. The zero-order valence-corrected chi connectivity index (χ0v) is 20.1. The van der Waals surface area contributed by atoms with Crippen LogP contribution in [0.1, 0.15) is 34.7 Å². The number of benzene rings is 3. The molecule has 4 rings (SSSR count). The minimum Gasteiger partial charge on any atom is -0.487 e. The molecule has 1 heterocycles. The molecule has 1 aliphatic rings. The van der Waals surface area contributed by atoms with Gasteiger partial charge in [0.25, 0.3) is 0 Å². The van der Waals surface area contributed by atoms with Crippen LogP contribution in [0.4, 0.5) is 0 Å². The van der Waals surface area contributed by atoms with E-state index < -0.39 is 5.97 Å². The summed E-state index contributed by atoms with van der Waals surface area (Å²) in [4.78, 5) is 25.8. The third-order valence-corrected chi connectivity index (χ3v) is 6.32. The Morgan fingerprint density at radius 3 is 2.32 bits per heavy atom. The number of halogens is 1. The number of aliphatic carboxylic acids is 1. The smallest absolute Gasteiger partial charge is 0.323 e. The highest BCUT2D eigenvalue weighted by Crippen LogP contribution is 2.37. The van der Waals surface area contributed by atoms with Gasteiger partial charge in [0.2, 0.25) is 5.91 Å². The number of ether oxygens (including phenoxy) is 1. The lowest BCUT2D eigenvalue weighted by Gasteiger charge is -2.24. The summed E-state index contributed by atoms with van der Waals surface area (Å²) in [5.41, 5.74) is 4.70. The second-order valence-corrected chi connectivity index (χ2v) is 9.72. The van der Waals surface area contributed by atoms with Crippen molar-refractivity contribution in [2.75, 3.05) is 6.54 Å². The molecule has 0 fully saturated rings. The van der Waals surface area contributed by atoms with Crippen LogP contribution in [-0.2, 0) is 35.4 Å². The van der Waals surface area contributed by atoms with E-state index in [4.69, 9.17) is 16.3 Å². The van der Waals surface area contributed by atoms with Crippen molar-refractivity contribution < 1.29 is 19.4 Å². The van der Waals surface area contributed by atoms with Gasteiger partial charge in [-0.25, -0.2) is 0 Å². The first-order valence-corrected chi connectivity index (χ1v) is 11.7. The van der Waals surface area contributed by atoms with Crippen molar-refractivity contribution in [2.24, 2.45) is 0 Å². The van der Waals surface area contributed by atoms with Gasteiger partial charge >= 0.3 is 5.97 Å². The van der Waals surface area contributed by atoms with Crippen LogP contribution in [0.5, 0.6) is 5.75 Å². The number of rotatable bonds is 8. The standard InChI is InChI=1S/C28H28ClNO4/c1-19-3-5-21(6-4-19)17-30(18-27(32)33)26(31)14-22-9-12-25-23(13-22)16-28(2,34-25)15-20-7-10-24(29)11-8-20/h3-13H,14-18H2,1-2H3,(H,32,33)/t28-/m1/s1. The molecule has 3 aromatic rings. The van der Waals surface area contributed by atoms with E-state index in [1.54, 1.807) is 0 Å². The van der Waals surface area contributed by atoms with E-state index in [1.807, 2.05) is 73.7 Å². The molecule has 5 nitrogen and oxygen atoms in total. The van der Waals surface area contributed by atoms with E-state index in [2.05, 4.69) is 6.92 Å². The van der Waals surface area contributed by atoms with E-state index in [0.717, 1.165) is 46.4 Å². The maximum Gasteiger partial charge on any atom is 0.323 e. The number of aryl methyl sites for hydroxylation is 1. The van der Waals surface area contributed by atoms with Crippen LogP contribution in [-0.4, -0.2) is 34.0 Å². The summed E-state index contributed by atoms with van der Waals surface area (Å²) in [6.45, 7) is 4.00. The molecule has 1 aliphatic heterocycles. The third-order valence-electron chi connectivity index (χ3n) is 6.07. The van der Waals surface area contributed by atoms with Crippen LogP contribution in [0, 0.1) is 6.92 Å². The first-order chi connectivity index (χ1) is 16.2. The van der Waals surface area contributed by atoms with Crippen LogP contribution >= 0.6 is 11.6 Å². The summed E-state index contributed by atoms with van der Waals surface area (Å²) in [7, 11) is 0.